The highest BCUT2D eigenvalue weighted by Gasteiger charge is 2.31. The third-order valence-corrected chi connectivity index (χ3v) is 5.92. The molecule has 7 heteroatoms. The number of hydrogen-bond donors (Lipinski definition) is 0. The second kappa shape index (κ2) is 4.64. The van der Waals surface area contributed by atoms with E-state index in [1.54, 1.807) is 17.7 Å². The Kier molecular flexibility index (Phi) is 2.76. The highest BCUT2D eigenvalue weighted by atomic mass is 32.1. The van der Waals surface area contributed by atoms with Gasteiger partial charge in [-0.15, -0.1) is 11.3 Å². The maximum Gasteiger partial charge on any atom is 0.229 e. The van der Waals surface area contributed by atoms with Crippen molar-refractivity contribution in [1.82, 2.24) is 19.6 Å². The van der Waals surface area contributed by atoms with Gasteiger partial charge in [-0.25, -0.2) is 9.97 Å². The van der Waals surface area contributed by atoms with Gasteiger partial charge in [0.05, 0.1) is 17.6 Å². The maximum atomic E-state index is 5.97. The second-order valence-electron chi connectivity index (χ2n) is 7.01. The molecule has 2 aliphatic heterocycles. The summed E-state index contributed by atoms with van der Waals surface area (Å²) in [6.07, 6.45) is 4.98. The lowest BCUT2D eigenvalue weighted by atomic mass is 9.94. The molecule has 23 heavy (non-hydrogen) atoms. The summed E-state index contributed by atoms with van der Waals surface area (Å²) in [6, 6.07) is 0. The van der Waals surface area contributed by atoms with Gasteiger partial charge in [0.25, 0.3) is 0 Å². The number of rotatable bonds is 1. The minimum atomic E-state index is -0.133. The minimum absolute atomic E-state index is 0.133. The van der Waals surface area contributed by atoms with Crippen LogP contribution in [0.1, 0.15) is 37.1 Å². The Labute approximate surface area is 138 Å². The van der Waals surface area contributed by atoms with Gasteiger partial charge >= 0.3 is 0 Å². The Morgan fingerprint density at radius 1 is 1.26 bits per heavy atom. The van der Waals surface area contributed by atoms with Gasteiger partial charge < -0.3 is 9.64 Å². The van der Waals surface area contributed by atoms with Crippen LogP contribution in [0, 0.1) is 0 Å². The molecule has 0 spiro atoms. The first kappa shape index (κ1) is 13.7. The topological polar surface area (TPSA) is 55.6 Å². The van der Waals surface area contributed by atoms with Crippen molar-refractivity contribution in [3.8, 4) is 0 Å². The highest BCUT2D eigenvalue weighted by molar-refractivity contribution is 7.19. The third kappa shape index (κ3) is 1.99. The van der Waals surface area contributed by atoms with Gasteiger partial charge in [0.2, 0.25) is 5.95 Å². The number of anilines is 1. The molecule has 2 aliphatic rings. The summed E-state index contributed by atoms with van der Waals surface area (Å²) < 4.78 is 7.89. The summed E-state index contributed by atoms with van der Waals surface area (Å²) >= 11 is 1.75. The molecule has 5 rings (SSSR count). The Balaban J connectivity index is 1.79. The van der Waals surface area contributed by atoms with E-state index in [2.05, 4.69) is 28.8 Å². The molecule has 0 atom stereocenters. The van der Waals surface area contributed by atoms with Crippen molar-refractivity contribution >= 4 is 33.1 Å². The van der Waals surface area contributed by atoms with Crippen LogP contribution in [0.15, 0.2) is 6.33 Å². The van der Waals surface area contributed by atoms with Crippen LogP contribution in [-0.2, 0) is 17.8 Å². The number of aromatic nitrogens is 4. The molecule has 3 aromatic heterocycles. The zero-order chi connectivity index (χ0) is 15.6. The molecule has 0 bridgehead atoms. The molecule has 120 valence electrons. The predicted molar refractivity (Wildman–Crippen MR) is 90.2 cm³/mol. The van der Waals surface area contributed by atoms with E-state index in [0.717, 1.165) is 35.9 Å². The van der Waals surface area contributed by atoms with Gasteiger partial charge in [0, 0.05) is 24.4 Å². The van der Waals surface area contributed by atoms with E-state index < -0.39 is 0 Å². The molecule has 0 amide bonds. The van der Waals surface area contributed by atoms with E-state index in [1.807, 2.05) is 4.52 Å². The second-order valence-corrected chi connectivity index (χ2v) is 8.09. The van der Waals surface area contributed by atoms with Crippen LogP contribution >= 0.6 is 11.3 Å². The molecule has 0 unspecified atom stereocenters. The molecule has 6 nitrogen and oxygen atoms in total. The number of fused-ring (bicyclic) bond motifs is 5. The minimum Gasteiger partial charge on any atom is -0.370 e. The van der Waals surface area contributed by atoms with Gasteiger partial charge in [-0.2, -0.15) is 9.61 Å². The zero-order valence-corrected chi connectivity index (χ0v) is 14.2. The van der Waals surface area contributed by atoms with Gasteiger partial charge in [0.1, 0.15) is 11.2 Å². The number of thiophene rings is 1. The first-order valence-electron chi connectivity index (χ1n) is 8.15. The van der Waals surface area contributed by atoms with Crippen LogP contribution in [0.25, 0.3) is 15.9 Å². The monoisotopic (exact) mass is 329 g/mol. The van der Waals surface area contributed by atoms with E-state index in [1.165, 1.54) is 28.7 Å². The van der Waals surface area contributed by atoms with Gasteiger partial charge in [0.15, 0.2) is 5.65 Å². The highest BCUT2D eigenvalue weighted by Crippen LogP contribution is 2.40. The van der Waals surface area contributed by atoms with Gasteiger partial charge in [-0.3, -0.25) is 0 Å². The predicted octanol–water partition coefficient (Wildman–Crippen LogP) is 2.79. The van der Waals surface area contributed by atoms with E-state index in [0.29, 0.717) is 6.61 Å². The standard InChI is InChI=1S/C16H19N5OS/c1-16(2)7-10-11(8-22-16)23-14-12(10)13-17-9-18-21(13)15(19-14)20-5-3-4-6-20/h9H,3-8H2,1-2H3. The summed E-state index contributed by atoms with van der Waals surface area (Å²) in [5.74, 6) is 0.932. The lowest BCUT2D eigenvalue weighted by molar-refractivity contribution is -0.0379. The summed E-state index contributed by atoms with van der Waals surface area (Å²) in [5.41, 5.74) is 2.15. The molecule has 5 heterocycles. The van der Waals surface area contributed by atoms with E-state index in [9.17, 15) is 0 Å². The number of ether oxygens (including phenoxy) is 1. The van der Waals surface area contributed by atoms with Crippen molar-refractivity contribution in [2.75, 3.05) is 18.0 Å². The van der Waals surface area contributed by atoms with E-state index >= 15 is 0 Å². The molecule has 0 radical (unpaired) electrons. The quantitative estimate of drug-likeness (QED) is 0.687. The average molecular weight is 329 g/mol. The first-order chi connectivity index (χ1) is 11.1. The zero-order valence-electron chi connectivity index (χ0n) is 13.4. The van der Waals surface area contributed by atoms with Gasteiger partial charge in [-0.05, 0) is 32.3 Å². The van der Waals surface area contributed by atoms with Crippen LogP contribution in [0.4, 0.5) is 5.95 Å². The first-order valence-corrected chi connectivity index (χ1v) is 8.97. The van der Waals surface area contributed by atoms with Crippen LogP contribution in [-0.4, -0.2) is 38.3 Å². The lowest BCUT2D eigenvalue weighted by Gasteiger charge is -2.30. The molecular weight excluding hydrogens is 310 g/mol. The van der Waals surface area contributed by atoms with E-state index in [4.69, 9.17) is 9.72 Å². The molecule has 0 saturated carbocycles. The Bertz CT molecular complexity index is 906. The van der Waals surface area contributed by atoms with Crippen molar-refractivity contribution in [3.63, 3.8) is 0 Å². The molecule has 1 saturated heterocycles. The average Bonchev–Trinajstić information content (AvgIpc) is 3.23. The van der Waals surface area contributed by atoms with Crippen molar-refractivity contribution in [2.24, 2.45) is 0 Å². The summed E-state index contributed by atoms with van der Waals surface area (Å²) in [4.78, 5) is 14.2. The lowest BCUT2D eigenvalue weighted by Crippen LogP contribution is -2.31. The fourth-order valence-electron chi connectivity index (χ4n) is 3.67. The van der Waals surface area contributed by atoms with Crippen LogP contribution in [0.5, 0.6) is 0 Å². The summed E-state index contributed by atoms with van der Waals surface area (Å²) in [7, 11) is 0. The van der Waals surface area contributed by atoms with Crippen molar-refractivity contribution < 1.29 is 4.74 Å². The number of hydrogen-bond acceptors (Lipinski definition) is 6. The van der Waals surface area contributed by atoms with Crippen LogP contribution in [0.3, 0.4) is 0 Å². The Morgan fingerprint density at radius 2 is 2.09 bits per heavy atom. The molecule has 0 N–H and O–H groups in total. The fourth-order valence-corrected chi connectivity index (χ4v) is 4.76. The number of nitrogens with zero attached hydrogens (tertiary/aromatic N) is 5. The fraction of sp³-hybridized carbons (Fsp3) is 0.562. The molecule has 0 aliphatic carbocycles. The Hall–Kier alpha value is -1.73. The maximum absolute atomic E-state index is 5.97. The molecular formula is C16H19N5OS. The van der Waals surface area contributed by atoms with Crippen molar-refractivity contribution in [3.05, 3.63) is 16.8 Å². The van der Waals surface area contributed by atoms with E-state index in [-0.39, 0.29) is 5.60 Å². The summed E-state index contributed by atoms with van der Waals surface area (Å²) in [6.45, 7) is 7.06. The van der Waals surface area contributed by atoms with Crippen LogP contribution < -0.4 is 4.90 Å². The SMILES string of the molecule is CC1(C)Cc2c(sc3nc(N4CCCC4)n4ncnc4c23)CO1. The normalized spacial score (nSPS) is 20.5. The largest absolute Gasteiger partial charge is 0.370 e. The van der Waals surface area contributed by atoms with Gasteiger partial charge in [-0.1, -0.05) is 0 Å². The molecule has 1 fully saturated rings. The van der Waals surface area contributed by atoms with Crippen LogP contribution in [0.2, 0.25) is 0 Å². The Morgan fingerprint density at radius 3 is 2.91 bits per heavy atom. The third-order valence-electron chi connectivity index (χ3n) is 4.82. The molecule has 3 aromatic rings. The van der Waals surface area contributed by atoms with Crippen molar-refractivity contribution in [1.29, 1.82) is 0 Å². The summed E-state index contributed by atoms with van der Waals surface area (Å²) in [5, 5.41) is 5.62. The molecule has 0 aromatic carbocycles. The van der Waals surface area contributed by atoms with Crippen molar-refractivity contribution in [2.45, 2.75) is 45.3 Å². The smallest absolute Gasteiger partial charge is 0.229 e.